The first-order valence-corrected chi connectivity index (χ1v) is 31.7. The number of ketones is 2. The van der Waals surface area contributed by atoms with E-state index in [4.69, 9.17) is 20.9 Å². The van der Waals surface area contributed by atoms with Gasteiger partial charge in [-0.25, -0.2) is 29.9 Å². The Morgan fingerprint density at radius 1 is 0.637 bits per heavy atom. The van der Waals surface area contributed by atoms with Crippen LogP contribution in [0.25, 0.3) is 44.5 Å². The van der Waals surface area contributed by atoms with Crippen LogP contribution in [0.2, 0.25) is 5.15 Å². The Hall–Kier alpha value is -5.27. The number of nitrogens with zero attached hydrogens (tertiary/aromatic N) is 6. The lowest BCUT2D eigenvalue weighted by molar-refractivity contribution is 0.00578. The van der Waals surface area contributed by atoms with E-state index in [1.807, 2.05) is 29.6 Å². The summed E-state index contributed by atoms with van der Waals surface area (Å²) in [6.45, 7) is 25.1. The molecule has 8 aromatic rings. The second kappa shape index (κ2) is 24.7. The van der Waals surface area contributed by atoms with Gasteiger partial charge >= 0.3 is 7.12 Å². The highest BCUT2D eigenvalue weighted by atomic mass is 35.5. The van der Waals surface area contributed by atoms with Crippen LogP contribution >= 0.6 is 57.8 Å². The lowest BCUT2D eigenvalue weighted by Crippen LogP contribution is -2.41. The van der Waals surface area contributed by atoms with Crippen molar-refractivity contribution in [2.75, 3.05) is 23.0 Å². The molecule has 9 heterocycles. The maximum absolute atomic E-state index is 12.8. The molecule has 6 aromatic heterocycles. The number of hydrogen-bond acceptors (Lipinski definition) is 14. The van der Waals surface area contributed by atoms with Crippen molar-refractivity contribution in [2.45, 2.75) is 144 Å². The quantitative estimate of drug-likeness (QED) is 0.0678. The van der Waals surface area contributed by atoms with E-state index in [-0.39, 0.29) is 40.7 Å². The first kappa shape index (κ1) is 59.4. The first-order chi connectivity index (χ1) is 37.9. The third-order valence-corrected chi connectivity index (χ3v) is 20.0. The molecule has 3 aliphatic rings. The van der Waals surface area contributed by atoms with Gasteiger partial charge in [0.05, 0.1) is 42.1 Å². The lowest BCUT2D eigenvalue weighted by Gasteiger charge is -2.32. The van der Waals surface area contributed by atoms with Gasteiger partial charge in [0.1, 0.15) is 29.1 Å². The second-order valence-corrected chi connectivity index (χ2v) is 28.4. The van der Waals surface area contributed by atoms with Gasteiger partial charge in [-0.05, 0) is 136 Å². The molecule has 3 aliphatic heterocycles. The van der Waals surface area contributed by atoms with Gasteiger partial charge < -0.3 is 19.3 Å². The topological polar surface area (TPSA) is 162 Å². The number of aryl methyl sites for hydroxylation is 4. The predicted molar refractivity (Wildman–Crippen MR) is 337 cm³/mol. The van der Waals surface area contributed by atoms with E-state index < -0.39 is 0 Å². The molecule has 418 valence electrons. The van der Waals surface area contributed by atoms with Crippen molar-refractivity contribution in [1.82, 2.24) is 39.9 Å². The number of benzene rings is 2. The minimum absolute atomic E-state index is 0.0247. The number of allylic oxidation sites excluding steroid dienone is 2. The van der Waals surface area contributed by atoms with Crippen molar-refractivity contribution in [3.05, 3.63) is 144 Å². The van der Waals surface area contributed by atoms with Gasteiger partial charge in [0.2, 0.25) is 0 Å². The molecule has 0 saturated carbocycles. The first-order valence-electron chi connectivity index (χ1n) is 27.4. The molecule has 0 bridgehead atoms. The minimum atomic E-state index is -0.359. The molecular formula is C62H72BClN8O4S4. The summed E-state index contributed by atoms with van der Waals surface area (Å²) in [5.41, 5.74) is 13.6. The second-order valence-electron chi connectivity index (χ2n) is 23.7. The van der Waals surface area contributed by atoms with Gasteiger partial charge in [-0.1, -0.05) is 95.6 Å². The molecule has 2 N–H and O–H groups in total. The molecule has 2 aromatic carbocycles. The fraction of sp³-hybridized carbons (Fsp3) is 0.419. The highest BCUT2D eigenvalue weighted by molar-refractivity contribution is 7.99. The predicted octanol–water partition coefficient (Wildman–Crippen LogP) is 15.0. The molecule has 0 amide bonds. The van der Waals surface area contributed by atoms with Crippen LogP contribution in [-0.2, 0) is 33.0 Å². The summed E-state index contributed by atoms with van der Waals surface area (Å²) in [6.07, 6.45) is 15.7. The van der Waals surface area contributed by atoms with Crippen LogP contribution in [-0.4, -0.2) is 92.8 Å². The number of fused-ring (bicyclic) bond motifs is 2. The zero-order valence-corrected chi connectivity index (χ0v) is 52.1. The molecule has 1 fully saturated rings. The monoisotopic (exact) mass is 1170 g/mol. The summed E-state index contributed by atoms with van der Waals surface area (Å²) in [7, 11) is -0.359. The third-order valence-electron chi connectivity index (χ3n) is 15.0. The standard InChI is InChI=1S/C28H30N4OS2.C23H32BNO3S.C11H10ClN3S/c1-17-13-20(6-5-18(17)7-8-23(33)24-15-29-27(35-24)28(2,3)4)25-21-14-22(19-9-11-34-12-10-19)32-26(21)31-16-30-25;1-15-13-17(24-27-22(5,6)23(7,8)28-24)11-9-16(15)10-12-18(26)19-14-25-20(29-19)21(2,3)4;12-10-8-5-9(7-1-3-16-4-2-7)15-11(8)14-6-13-10/h5-6,9,13-16H,7-8,10-12H2,1-4H3,(H,30,31,32);9,11,13-14H,10,12H2,1-8H3;1,5-6H,2-4H2,(H,13,14,15). The molecule has 11 rings (SSSR count). The number of hydrogen-bond donors (Lipinski definition) is 2. The Kier molecular flexibility index (Phi) is 18.3. The van der Waals surface area contributed by atoms with Crippen LogP contribution in [0.3, 0.4) is 0 Å². The largest absolute Gasteiger partial charge is 0.494 e. The van der Waals surface area contributed by atoms with Gasteiger partial charge in [-0.3, -0.25) is 9.59 Å². The molecule has 0 spiro atoms. The van der Waals surface area contributed by atoms with Gasteiger partial charge in [-0.15, -0.1) is 22.7 Å². The van der Waals surface area contributed by atoms with E-state index in [1.54, 1.807) is 18.7 Å². The highest BCUT2D eigenvalue weighted by Crippen LogP contribution is 2.38. The maximum atomic E-state index is 12.8. The summed E-state index contributed by atoms with van der Waals surface area (Å²) in [4.78, 5) is 59.8. The number of thiazole rings is 2. The van der Waals surface area contributed by atoms with E-state index in [9.17, 15) is 9.59 Å². The summed E-state index contributed by atoms with van der Waals surface area (Å²) in [5, 5.41) is 4.47. The number of rotatable bonds is 12. The third kappa shape index (κ3) is 14.0. The van der Waals surface area contributed by atoms with E-state index >= 15 is 0 Å². The van der Waals surface area contributed by atoms with E-state index in [0.717, 1.165) is 112 Å². The summed E-state index contributed by atoms with van der Waals surface area (Å²) >= 11 is 13.0. The number of Topliss-reactive ketones (excluding diaryl/α,β-unsaturated/α-hetero) is 2. The fourth-order valence-electron chi connectivity index (χ4n) is 9.46. The molecule has 0 unspecified atom stereocenters. The summed E-state index contributed by atoms with van der Waals surface area (Å²) in [6, 6.07) is 16.9. The number of thioether (sulfide) groups is 2. The summed E-state index contributed by atoms with van der Waals surface area (Å²) < 4.78 is 12.3. The van der Waals surface area contributed by atoms with Crippen molar-refractivity contribution in [1.29, 1.82) is 0 Å². The number of aromatic nitrogens is 8. The average Bonchev–Trinajstić information content (AvgIpc) is 4.29. The van der Waals surface area contributed by atoms with Crippen LogP contribution in [0.15, 0.2) is 85.7 Å². The zero-order chi connectivity index (χ0) is 57.1. The number of halogens is 1. The number of nitrogens with one attached hydrogen (secondary N) is 2. The Morgan fingerprint density at radius 3 is 1.59 bits per heavy atom. The van der Waals surface area contributed by atoms with Crippen LogP contribution in [0.4, 0.5) is 0 Å². The molecule has 18 heteroatoms. The van der Waals surface area contributed by atoms with Crippen LogP contribution < -0.4 is 5.46 Å². The molecule has 0 atom stereocenters. The van der Waals surface area contributed by atoms with E-state index in [0.29, 0.717) is 24.4 Å². The molecule has 12 nitrogen and oxygen atoms in total. The molecule has 0 radical (unpaired) electrons. The number of carbonyl (C=O) groups excluding carboxylic acids is 2. The van der Waals surface area contributed by atoms with Crippen LogP contribution in [0.1, 0.15) is 158 Å². The van der Waals surface area contributed by atoms with Crippen LogP contribution in [0.5, 0.6) is 0 Å². The fourth-order valence-corrected chi connectivity index (χ4v) is 13.2. The maximum Gasteiger partial charge on any atom is 0.494 e. The Bertz CT molecular complexity index is 3600. The SMILES string of the molecule is Cc1cc(-c2ncnc3[nH]c(C4=CCSCC4)cc23)ccc1CCC(=O)c1cnc(C(C)(C)C)s1.Cc1cc(B2OC(C)(C)C(C)(C)O2)ccc1CCC(=O)c1cnc(C(C)(C)C)s1.Clc1ncnc2[nH]c(C3=CCSCC3)cc12. The van der Waals surface area contributed by atoms with Crippen molar-refractivity contribution >= 4 is 115 Å². The number of aromatic amines is 2. The average molecular weight is 1170 g/mol. The van der Waals surface area contributed by atoms with Gasteiger partial charge in [0.15, 0.2) is 11.6 Å². The van der Waals surface area contributed by atoms with Gasteiger partial charge in [0, 0.05) is 69.9 Å². The summed E-state index contributed by atoms with van der Waals surface area (Å²) in [5.74, 6) is 4.81. The smallest absolute Gasteiger partial charge is 0.399 e. The molecule has 0 aliphatic carbocycles. The minimum Gasteiger partial charge on any atom is -0.399 e. The van der Waals surface area contributed by atoms with E-state index in [1.165, 1.54) is 62.6 Å². The van der Waals surface area contributed by atoms with Crippen molar-refractivity contribution in [2.24, 2.45) is 0 Å². The Balaban J connectivity index is 0.000000155. The van der Waals surface area contributed by atoms with Crippen LogP contribution in [0, 0.1) is 13.8 Å². The lowest BCUT2D eigenvalue weighted by atomic mass is 9.77. The molecule has 80 heavy (non-hydrogen) atoms. The Morgan fingerprint density at radius 2 is 1.12 bits per heavy atom. The molecule has 1 saturated heterocycles. The number of carbonyl (C=O) groups is 2. The Labute approximate surface area is 492 Å². The molecular weight excluding hydrogens is 1100 g/mol. The number of H-pyrrole nitrogens is 2. The van der Waals surface area contributed by atoms with Crippen molar-refractivity contribution in [3.63, 3.8) is 0 Å². The normalized spacial score (nSPS) is 16.2. The zero-order valence-electron chi connectivity index (χ0n) is 48.1. The highest BCUT2D eigenvalue weighted by Gasteiger charge is 2.51. The van der Waals surface area contributed by atoms with Gasteiger partial charge in [0.25, 0.3) is 0 Å². The van der Waals surface area contributed by atoms with Gasteiger partial charge in [-0.2, -0.15) is 23.5 Å². The van der Waals surface area contributed by atoms with Crippen molar-refractivity contribution < 1.29 is 18.9 Å². The van der Waals surface area contributed by atoms with Crippen molar-refractivity contribution in [3.8, 4) is 11.3 Å². The van der Waals surface area contributed by atoms with E-state index in [2.05, 4.69) is 178 Å².